The van der Waals surface area contributed by atoms with E-state index >= 15 is 0 Å². The lowest BCUT2D eigenvalue weighted by molar-refractivity contribution is 0.477. The lowest BCUT2D eigenvalue weighted by Crippen LogP contribution is -2.09. The molecule has 4 aromatic rings. The van der Waals surface area contributed by atoms with Crippen molar-refractivity contribution in [2.75, 3.05) is 5.73 Å². The Bertz CT molecular complexity index is 1250. The van der Waals surface area contributed by atoms with E-state index in [1.54, 1.807) is 24.3 Å². The number of halogens is 1. The molecule has 0 amide bonds. The van der Waals surface area contributed by atoms with Gasteiger partial charge >= 0.3 is 0 Å². The number of hydrogen-bond donors (Lipinski definition) is 2. The van der Waals surface area contributed by atoms with Gasteiger partial charge in [-0.25, -0.2) is 9.37 Å². The number of aromatic hydroxyl groups is 1. The normalized spacial score (nSPS) is 12.3. The molecule has 0 saturated carbocycles. The summed E-state index contributed by atoms with van der Waals surface area (Å²) in [4.78, 5) is 4.91. The molecule has 0 fully saturated rings. The maximum Gasteiger partial charge on any atom is 0.131 e. The van der Waals surface area contributed by atoms with Crippen LogP contribution >= 0.6 is 0 Å². The van der Waals surface area contributed by atoms with E-state index in [1.807, 2.05) is 42.5 Å². The summed E-state index contributed by atoms with van der Waals surface area (Å²) in [6.45, 7) is 0. The number of nitrogens with two attached hydrogens (primary N) is 1. The summed E-state index contributed by atoms with van der Waals surface area (Å²) in [6.07, 6.45) is 1.58. The van der Waals surface area contributed by atoms with Gasteiger partial charge in [-0.15, -0.1) is 0 Å². The fourth-order valence-electron chi connectivity index (χ4n) is 4.11. The van der Waals surface area contributed by atoms with Crippen LogP contribution in [0.15, 0.2) is 72.8 Å². The smallest absolute Gasteiger partial charge is 0.131 e. The predicted molar refractivity (Wildman–Crippen MR) is 114 cm³/mol. The van der Waals surface area contributed by atoms with E-state index in [9.17, 15) is 9.50 Å². The van der Waals surface area contributed by atoms with Crippen LogP contribution in [-0.2, 0) is 12.8 Å². The Labute approximate surface area is 168 Å². The van der Waals surface area contributed by atoms with Crippen LogP contribution in [0.2, 0.25) is 0 Å². The van der Waals surface area contributed by atoms with Crippen molar-refractivity contribution in [2.45, 2.75) is 12.8 Å². The van der Waals surface area contributed by atoms with Crippen LogP contribution in [0.3, 0.4) is 0 Å². The molecule has 142 valence electrons. The molecule has 0 spiro atoms. The third-order valence-electron chi connectivity index (χ3n) is 5.50. The first-order valence-corrected chi connectivity index (χ1v) is 9.58. The number of phenolic OH excluding ortho intramolecular Hbond substituents is 1. The Morgan fingerprint density at radius 1 is 0.793 bits per heavy atom. The number of fused-ring (bicyclic) bond motifs is 3. The fraction of sp³-hybridized carbons (Fsp3) is 0.0800. The Kier molecular flexibility index (Phi) is 4.06. The molecule has 0 aliphatic heterocycles. The van der Waals surface area contributed by atoms with Gasteiger partial charge in [-0.3, -0.25) is 0 Å². The Balaban J connectivity index is 1.84. The zero-order valence-corrected chi connectivity index (χ0v) is 15.7. The van der Waals surface area contributed by atoms with Crippen molar-refractivity contribution < 1.29 is 9.50 Å². The molecule has 0 atom stereocenters. The number of nitrogens with zero attached hydrogens (tertiary/aromatic N) is 1. The van der Waals surface area contributed by atoms with E-state index in [0.717, 1.165) is 46.5 Å². The molecule has 0 unspecified atom stereocenters. The minimum atomic E-state index is -0.271. The van der Waals surface area contributed by atoms with E-state index in [4.69, 9.17) is 10.7 Å². The molecular weight excluding hydrogens is 363 g/mol. The molecule has 4 heteroatoms. The molecule has 1 aliphatic rings. The standard InChI is InChI=1S/C25H19FN2O/c26-22-7-3-1-5-18(22)21-14-23(20-6-2-4-8-24(20)29)28-25-17-12-10-16(27)13-15(17)9-11-19(21)25/h1-8,10,12-14,29H,9,11,27H2. The lowest BCUT2D eigenvalue weighted by atomic mass is 9.84. The topological polar surface area (TPSA) is 59.1 Å². The minimum absolute atomic E-state index is 0.146. The second-order valence-electron chi connectivity index (χ2n) is 7.30. The Hall–Kier alpha value is -3.66. The number of phenols is 1. The summed E-state index contributed by atoms with van der Waals surface area (Å²) < 4.78 is 14.7. The number of aromatic nitrogens is 1. The number of para-hydroxylation sites is 1. The van der Waals surface area contributed by atoms with Gasteiger partial charge in [0.25, 0.3) is 0 Å². The van der Waals surface area contributed by atoms with Crippen LogP contribution in [0.5, 0.6) is 5.75 Å². The third-order valence-corrected chi connectivity index (χ3v) is 5.50. The summed E-state index contributed by atoms with van der Waals surface area (Å²) >= 11 is 0. The van der Waals surface area contributed by atoms with Gasteiger partial charge in [0, 0.05) is 22.4 Å². The van der Waals surface area contributed by atoms with E-state index in [2.05, 4.69) is 0 Å². The van der Waals surface area contributed by atoms with E-state index < -0.39 is 0 Å². The lowest BCUT2D eigenvalue weighted by Gasteiger charge is -2.23. The van der Waals surface area contributed by atoms with E-state index in [0.29, 0.717) is 16.8 Å². The highest BCUT2D eigenvalue weighted by molar-refractivity contribution is 5.84. The predicted octanol–water partition coefficient (Wildman–Crippen LogP) is 5.61. The second-order valence-corrected chi connectivity index (χ2v) is 7.30. The van der Waals surface area contributed by atoms with Gasteiger partial charge < -0.3 is 10.8 Å². The number of rotatable bonds is 2. The highest BCUT2D eigenvalue weighted by Gasteiger charge is 2.24. The van der Waals surface area contributed by atoms with Gasteiger partial charge in [-0.1, -0.05) is 36.4 Å². The molecule has 0 saturated heterocycles. The van der Waals surface area contributed by atoms with Crippen LogP contribution in [0.1, 0.15) is 11.1 Å². The van der Waals surface area contributed by atoms with Crippen LogP contribution in [-0.4, -0.2) is 10.1 Å². The molecule has 0 radical (unpaired) electrons. The van der Waals surface area contributed by atoms with Gasteiger partial charge in [0.15, 0.2) is 0 Å². The zero-order chi connectivity index (χ0) is 20.0. The quantitative estimate of drug-likeness (QED) is 0.443. The molecular formula is C25H19FN2O. The van der Waals surface area contributed by atoms with Gasteiger partial charge in [0.05, 0.1) is 11.4 Å². The molecule has 3 aromatic carbocycles. The van der Waals surface area contributed by atoms with Crippen molar-refractivity contribution in [3.63, 3.8) is 0 Å². The molecule has 1 aromatic heterocycles. The van der Waals surface area contributed by atoms with Gasteiger partial charge in [-0.05, 0) is 65.9 Å². The molecule has 3 nitrogen and oxygen atoms in total. The zero-order valence-electron chi connectivity index (χ0n) is 15.7. The summed E-state index contributed by atoms with van der Waals surface area (Å²) in [5.41, 5.74) is 13.3. The fourth-order valence-corrected chi connectivity index (χ4v) is 4.11. The van der Waals surface area contributed by atoms with E-state index in [1.165, 1.54) is 6.07 Å². The summed E-state index contributed by atoms with van der Waals surface area (Å²) in [5, 5.41) is 10.4. The van der Waals surface area contributed by atoms with Gasteiger partial charge in [0.2, 0.25) is 0 Å². The highest BCUT2D eigenvalue weighted by Crippen LogP contribution is 2.42. The van der Waals surface area contributed by atoms with Crippen molar-refractivity contribution in [3.8, 4) is 39.4 Å². The molecule has 5 rings (SSSR count). The van der Waals surface area contributed by atoms with Gasteiger partial charge in [-0.2, -0.15) is 0 Å². The Morgan fingerprint density at radius 2 is 1.55 bits per heavy atom. The monoisotopic (exact) mass is 382 g/mol. The molecule has 1 aliphatic carbocycles. The molecule has 1 heterocycles. The minimum Gasteiger partial charge on any atom is -0.507 e. The van der Waals surface area contributed by atoms with Crippen LogP contribution in [0.4, 0.5) is 10.1 Å². The maximum atomic E-state index is 14.7. The van der Waals surface area contributed by atoms with Gasteiger partial charge in [0.1, 0.15) is 11.6 Å². The largest absolute Gasteiger partial charge is 0.507 e. The molecule has 29 heavy (non-hydrogen) atoms. The first kappa shape index (κ1) is 17.4. The summed E-state index contributed by atoms with van der Waals surface area (Å²) in [7, 11) is 0. The van der Waals surface area contributed by atoms with Crippen LogP contribution < -0.4 is 5.73 Å². The number of nitrogen functional groups attached to an aromatic ring is 1. The van der Waals surface area contributed by atoms with Crippen LogP contribution in [0, 0.1) is 5.82 Å². The summed E-state index contributed by atoms with van der Waals surface area (Å²) in [6, 6.07) is 21.6. The van der Waals surface area contributed by atoms with Crippen molar-refractivity contribution in [1.82, 2.24) is 4.98 Å². The average molecular weight is 382 g/mol. The molecule has 0 bridgehead atoms. The van der Waals surface area contributed by atoms with Crippen LogP contribution in [0.25, 0.3) is 33.6 Å². The van der Waals surface area contributed by atoms with Crippen molar-refractivity contribution >= 4 is 5.69 Å². The average Bonchev–Trinajstić information content (AvgIpc) is 2.73. The van der Waals surface area contributed by atoms with E-state index in [-0.39, 0.29) is 11.6 Å². The Morgan fingerprint density at radius 3 is 2.34 bits per heavy atom. The van der Waals surface area contributed by atoms with Crippen molar-refractivity contribution in [1.29, 1.82) is 0 Å². The summed E-state index contributed by atoms with van der Waals surface area (Å²) in [5.74, 6) is -0.125. The highest BCUT2D eigenvalue weighted by atomic mass is 19.1. The number of aryl methyl sites for hydroxylation is 1. The molecule has 3 N–H and O–H groups in total. The SMILES string of the molecule is Nc1ccc2c(c1)CCc1c(-c3ccccc3F)cc(-c3ccccc3O)nc1-2. The maximum absolute atomic E-state index is 14.7. The second kappa shape index (κ2) is 6.74. The first-order chi connectivity index (χ1) is 14.1. The number of pyridine rings is 1. The number of benzene rings is 3. The van der Waals surface area contributed by atoms with Crippen molar-refractivity contribution in [2.24, 2.45) is 0 Å². The first-order valence-electron chi connectivity index (χ1n) is 9.58. The number of hydrogen-bond acceptors (Lipinski definition) is 3. The third kappa shape index (κ3) is 2.93. The number of anilines is 1. The van der Waals surface area contributed by atoms with Crippen molar-refractivity contribution in [3.05, 3.63) is 89.7 Å².